The molecule has 1 unspecified atom stereocenters. The molecule has 6 N–H and O–H groups in total. The summed E-state index contributed by atoms with van der Waals surface area (Å²) in [4.78, 5) is 15.1. The van der Waals surface area contributed by atoms with Crippen LogP contribution >= 0.6 is 0 Å². The number of ketones is 1. The number of ether oxygens (including phenoxy) is 2. The predicted octanol–water partition coefficient (Wildman–Crippen LogP) is 4.70. The Kier molecular flexibility index (Phi) is 13.1. The summed E-state index contributed by atoms with van der Waals surface area (Å²) >= 11 is 0. The standard InChI is InChI=1S/C23H31N3O3.C4H6O.C3H9N/c24-20(18-5-1-2-6-21(18)27)14-19-17(8-7-16-4-3-11-29-16)22(26-23(19)25)15-9-12-28-13-10-15;1-3-4(2)5;1-4(2)3/h1-2,5-6,14-16,26-27H,3-4,7-13,24-25H2;3H,1H2,2H3;1-3H3/b20-14-;;. The number of H-pyrrole nitrogens is 1. The van der Waals surface area contributed by atoms with Gasteiger partial charge < -0.3 is 35.9 Å². The lowest BCUT2D eigenvalue weighted by Crippen LogP contribution is -2.16. The lowest BCUT2D eigenvalue weighted by molar-refractivity contribution is -0.112. The van der Waals surface area contributed by atoms with Crippen molar-refractivity contribution < 1.29 is 19.4 Å². The second-order valence-electron chi connectivity index (χ2n) is 10.2. The number of allylic oxidation sites excluding steroid dienone is 1. The van der Waals surface area contributed by atoms with E-state index >= 15 is 0 Å². The number of nitrogens with one attached hydrogen (secondary N) is 1. The summed E-state index contributed by atoms with van der Waals surface area (Å²) in [6.07, 6.45) is 9.61. The fraction of sp³-hybridized carbons (Fsp3) is 0.500. The topological polar surface area (TPSA) is 127 Å². The van der Waals surface area contributed by atoms with Gasteiger partial charge >= 0.3 is 0 Å². The largest absolute Gasteiger partial charge is 0.507 e. The maximum atomic E-state index is 10.2. The summed E-state index contributed by atoms with van der Waals surface area (Å²) in [6.45, 7) is 7.09. The van der Waals surface area contributed by atoms with Gasteiger partial charge in [0.2, 0.25) is 0 Å². The first-order valence-corrected chi connectivity index (χ1v) is 13.3. The zero-order valence-electron chi connectivity index (χ0n) is 23.5. The molecule has 0 saturated carbocycles. The van der Waals surface area contributed by atoms with E-state index in [1.54, 1.807) is 12.1 Å². The van der Waals surface area contributed by atoms with E-state index in [0.29, 0.717) is 29.1 Å². The molecule has 2 aliphatic heterocycles. The number of phenols is 1. The Balaban J connectivity index is 0.000000489. The molecule has 0 spiro atoms. The highest BCUT2D eigenvalue weighted by Crippen LogP contribution is 2.36. The van der Waals surface area contributed by atoms with E-state index in [0.717, 1.165) is 63.9 Å². The second kappa shape index (κ2) is 16.0. The van der Waals surface area contributed by atoms with Crippen LogP contribution in [0, 0.1) is 0 Å². The molecule has 1 atom stereocenters. The Morgan fingerprint density at radius 2 is 1.82 bits per heavy atom. The van der Waals surface area contributed by atoms with Gasteiger partial charge in [-0.1, -0.05) is 18.7 Å². The third kappa shape index (κ3) is 10.0. The summed E-state index contributed by atoms with van der Waals surface area (Å²) in [6, 6.07) is 7.10. The molecule has 8 nitrogen and oxygen atoms in total. The minimum absolute atomic E-state index is 0.0185. The van der Waals surface area contributed by atoms with Crippen LogP contribution in [-0.4, -0.2) is 67.8 Å². The van der Waals surface area contributed by atoms with Crippen molar-refractivity contribution in [1.82, 2.24) is 9.88 Å². The van der Waals surface area contributed by atoms with Crippen LogP contribution in [0.3, 0.4) is 0 Å². The normalized spacial score (nSPS) is 17.8. The number of nitrogens with zero attached hydrogens (tertiary/aromatic N) is 1. The molecule has 3 heterocycles. The van der Waals surface area contributed by atoms with E-state index in [2.05, 4.69) is 11.6 Å². The summed E-state index contributed by atoms with van der Waals surface area (Å²) in [5.74, 6) is 1.23. The predicted molar refractivity (Wildman–Crippen MR) is 156 cm³/mol. The zero-order valence-corrected chi connectivity index (χ0v) is 23.5. The molecule has 1 aromatic heterocycles. The van der Waals surface area contributed by atoms with Crippen LogP contribution in [0.5, 0.6) is 5.75 Å². The number of phenolic OH excluding ortho intramolecular Hbond substituents is 1. The van der Waals surface area contributed by atoms with E-state index in [9.17, 15) is 9.90 Å². The van der Waals surface area contributed by atoms with Crippen LogP contribution in [0.4, 0.5) is 5.82 Å². The molecule has 1 aromatic carbocycles. The smallest absolute Gasteiger partial charge is 0.152 e. The van der Waals surface area contributed by atoms with Crippen molar-refractivity contribution in [2.45, 2.75) is 57.5 Å². The van der Waals surface area contributed by atoms with Crippen molar-refractivity contribution in [3.05, 3.63) is 59.3 Å². The van der Waals surface area contributed by atoms with Gasteiger partial charge in [-0.3, -0.25) is 4.79 Å². The first-order valence-electron chi connectivity index (χ1n) is 13.3. The molecule has 2 fully saturated rings. The number of hydrogen-bond acceptors (Lipinski definition) is 7. The summed E-state index contributed by atoms with van der Waals surface area (Å²) in [5.41, 5.74) is 17.3. The maximum Gasteiger partial charge on any atom is 0.152 e. The third-order valence-electron chi connectivity index (χ3n) is 6.38. The Morgan fingerprint density at radius 1 is 1.18 bits per heavy atom. The van der Waals surface area contributed by atoms with Gasteiger partial charge in [-0.15, -0.1) is 0 Å². The van der Waals surface area contributed by atoms with Gasteiger partial charge in [-0.25, -0.2) is 0 Å². The van der Waals surface area contributed by atoms with Crippen molar-refractivity contribution in [3.63, 3.8) is 0 Å². The fourth-order valence-electron chi connectivity index (χ4n) is 4.49. The van der Waals surface area contributed by atoms with Crippen LogP contribution < -0.4 is 11.5 Å². The van der Waals surface area contributed by atoms with E-state index < -0.39 is 0 Å². The van der Waals surface area contributed by atoms with Crippen LogP contribution in [0.15, 0.2) is 36.9 Å². The maximum absolute atomic E-state index is 10.2. The van der Waals surface area contributed by atoms with Crippen molar-refractivity contribution in [1.29, 1.82) is 0 Å². The molecular weight excluding hydrogens is 480 g/mol. The number of anilines is 1. The molecule has 4 rings (SSSR count). The lowest BCUT2D eigenvalue weighted by atomic mass is 9.90. The van der Waals surface area contributed by atoms with Gasteiger partial charge in [0, 0.05) is 48.3 Å². The molecule has 0 amide bonds. The highest BCUT2D eigenvalue weighted by Gasteiger charge is 2.25. The number of nitrogens with two attached hydrogens (primary N) is 2. The van der Waals surface area contributed by atoms with Crippen LogP contribution in [-0.2, 0) is 20.7 Å². The number of aromatic hydroxyl groups is 1. The number of carbonyl (C=O) groups is 1. The minimum Gasteiger partial charge on any atom is -0.507 e. The lowest BCUT2D eigenvalue weighted by Gasteiger charge is -2.23. The average Bonchev–Trinajstić information content (AvgIpc) is 3.51. The SMILES string of the molecule is C=CC(C)=O.CN(C)C.N/C(=C\c1c(N)[nH]c(C2CCOCC2)c1CCC1CCCO1)c1ccccc1O. The molecule has 0 bridgehead atoms. The molecule has 38 heavy (non-hydrogen) atoms. The van der Waals surface area contributed by atoms with Crippen LogP contribution in [0.1, 0.15) is 67.3 Å². The van der Waals surface area contributed by atoms with Gasteiger partial charge in [0.05, 0.1) is 6.10 Å². The average molecular weight is 527 g/mol. The van der Waals surface area contributed by atoms with Gasteiger partial charge in [-0.2, -0.15) is 0 Å². The van der Waals surface area contributed by atoms with E-state index in [4.69, 9.17) is 20.9 Å². The number of rotatable bonds is 7. The quantitative estimate of drug-likeness (QED) is 0.385. The van der Waals surface area contributed by atoms with Gasteiger partial charge in [0.1, 0.15) is 11.6 Å². The number of aromatic amines is 1. The molecule has 0 aliphatic carbocycles. The molecule has 2 aliphatic rings. The monoisotopic (exact) mass is 526 g/mol. The Hall–Kier alpha value is -3.07. The number of aromatic nitrogens is 1. The molecular formula is C30H46N4O4. The number of nitrogen functional groups attached to an aromatic ring is 1. The number of para-hydroxylation sites is 1. The molecule has 210 valence electrons. The van der Waals surface area contributed by atoms with Crippen molar-refractivity contribution >= 4 is 23.4 Å². The third-order valence-corrected chi connectivity index (χ3v) is 6.38. The second-order valence-corrected chi connectivity index (χ2v) is 10.2. The summed E-state index contributed by atoms with van der Waals surface area (Å²) < 4.78 is 11.4. The first-order chi connectivity index (χ1) is 18.1. The minimum atomic E-state index is 0.0185. The number of carbonyl (C=O) groups excluding carboxylic acids is 1. The summed E-state index contributed by atoms with van der Waals surface area (Å²) in [7, 11) is 6.00. The highest BCUT2D eigenvalue weighted by molar-refractivity contribution is 5.86. The van der Waals surface area contributed by atoms with Gasteiger partial charge in [-0.05, 0) is 96.4 Å². The Bertz CT molecular complexity index is 1050. The highest BCUT2D eigenvalue weighted by atomic mass is 16.5. The number of hydrogen-bond donors (Lipinski definition) is 4. The first kappa shape index (κ1) is 31.1. The summed E-state index contributed by atoms with van der Waals surface area (Å²) in [5, 5.41) is 10.2. The van der Waals surface area contributed by atoms with Crippen molar-refractivity contribution in [2.75, 3.05) is 46.7 Å². The van der Waals surface area contributed by atoms with Crippen molar-refractivity contribution in [2.24, 2.45) is 5.73 Å². The van der Waals surface area contributed by atoms with E-state index in [1.165, 1.54) is 24.3 Å². The number of benzene rings is 1. The Labute approximate surface area is 227 Å². The molecule has 0 radical (unpaired) electrons. The molecule has 2 aromatic rings. The Morgan fingerprint density at radius 3 is 2.37 bits per heavy atom. The fourth-order valence-corrected chi connectivity index (χ4v) is 4.49. The van der Waals surface area contributed by atoms with E-state index in [1.807, 2.05) is 44.3 Å². The van der Waals surface area contributed by atoms with Crippen molar-refractivity contribution in [3.8, 4) is 5.75 Å². The van der Waals surface area contributed by atoms with Crippen LogP contribution in [0.2, 0.25) is 0 Å². The van der Waals surface area contributed by atoms with Gasteiger partial charge in [0.25, 0.3) is 0 Å². The van der Waals surface area contributed by atoms with Crippen LogP contribution in [0.25, 0.3) is 11.8 Å². The van der Waals surface area contributed by atoms with Gasteiger partial charge in [0.15, 0.2) is 5.78 Å². The molecule has 2 saturated heterocycles. The molecule has 8 heteroatoms. The zero-order chi connectivity index (χ0) is 28.1. The van der Waals surface area contributed by atoms with E-state index in [-0.39, 0.29) is 11.5 Å².